The molecule has 0 saturated heterocycles. The lowest BCUT2D eigenvalue weighted by Crippen LogP contribution is -2.38. The molecule has 1 N–H and O–H groups in total. The summed E-state index contributed by atoms with van der Waals surface area (Å²) in [6.45, 7) is 7.62. The Morgan fingerprint density at radius 2 is 2.21 bits per heavy atom. The van der Waals surface area contributed by atoms with E-state index in [0.29, 0.717) is 5.41 Å². The highest BCUT2D eigenvalue weighted by Gasteiger charge is 2.19. The summed E-state index contributed by atoms with van der Waals surface area (Å²) >= 11 is 1.83. The van der Waals surface area contributed by atoms with Gasteiger partial charge in [-0.15, -0.1) is 0 Å². The first kappa shape index (κ1) is 11.9. The van der Waals surface area contributed by atoms with E-state index in [1.165, 1.54) is 0 Å². The molecule has 4 heteroatoms. The zero-order valence-corrected chi connectivity index (χ0v) is 10.4. The minimum Gasteiger partial charge on any atom is -0.364 e. The molecule has 0 aromatic carbocycles. The number of hydrogen-bond donors (Lipinski definition) is 1. The van der Waals surface area contributed by atoms with Crippen molar-refractivity contribution in [2.24, 2.45) is 10.4 Å². The molecule has 0 spiro atoms. The van der Waals surface area contributed by atoms with E-state index in [1.54, 1.807) is 0 Å². The molecule has 1 heterocycles. The van der Waals surface area contributed by atoms with Crippen molar-refractivity contribution < 1.29 is 0 Å². The van der Waals surface area contributed by atoms with Crippen molar-refractivity contribution in [1.82, 2.24) is 10.2 Å². The second-order valence-electron chi connectivity index (χ2n) is 4.79. The van der Waals surface area contributed by atoms with Crippen LogP contribution in [0.5, 0.6) is 0 Å². The fraction of sp³-hybridized carbons (Fsp3) is 0.900. The molecule has 0 aliphatic carbocycles. The van der Waals surface area contributed by atoms with Gasteiger partial charge in [-0.1, -0.05) is 25.6 Å². The molecule has 0 saturated carbocycles. The van der Waals surface area contributed by atoms with Gasteiger partial charge in [-0.05, 0) is 19.5 Å². The maximum absolute atomic E-state index is 4.37. The van der Waals surface area contributed by atoms with Crippen LogP contribution in [0.4, 0.5) is 0 Å². The molecule has 0 radical (unpaired) electrons. The maximum atomic E-state index is 4.37. The molecular formula is C10H21N3S. The van der Waals surface area contributed by atoms with Crippen LogP contribution in [0.15, 0.2) is 4.99 Å². The van der Waals surface area contributed by atoms with Gasteiger partial charge in [0.05, 0.1) is 6.54 Å². The molecule has 0 fully saturated rings. The predicted octanol–water partition coefficient (Wildman–Crippen LogP) is 1.27. The van der Waals surface area contributed by atoms with Crippen molar-refractivity contribution in [2.75, 3.05) is 39.5 Å². The topological polar surface area (TPSA) is 27.6 Å². The summed E-state index contributed by atoms with van der Waals surface area (Å²) in [6.07, 6.45) is 0. The van der Waals surface area contributed by atoms with Crippen LogP contribution in [-0.4, -0.2) is 49.6 Å². The fourth-order valence-electron chi connectivity index (χ4n) is 1.67. The zero-order valence-electron chi connectivity index (χ0n) is 9.63. The molecule has 82 valence electrons. The van der Waals surface area contributed by atoms with E-state index in [-0.39, 0.29) is 0 Å². The van der Waals surface area contributed by atoms with Gasteiger partial charge in [-0.2, -0.15) is 0 Å². The molecular weight excluding hydrogens is 194 g/mol. The van der Waals surface area contributed by atoms with Crippen LogP contribution in [0.1, 0.15) is 13.8 Å². The highest BCUT2D eigenvalue weighted by Crippen LogP contribution is 2.16. The quantitative estimate of drug-likeness (QED) is 0.765. The van der Waals surface area contributed by atoms with Gasteiger partial charge in [0, 0.05) is 18.8 Å². The van der Waals surface area contributed by atoms with Gasteiger partial charge in [0.25, 0.3) is 0 Å². The normalized spacial score (nSPS) is 17.4. The second-order valence-corrected chi connectivity index (χ2v) is 5.87. The molecule has 0 bridgehead atoms. The summed E-state index contributed by atoms with van der Waals surface area (Å²) in [5.41, 5.74) is 0.301. The van der Waals surface area contributed by atoms with Crippen LogP contribution in [0.2, 0.25) is 0 Å². The molecule has 1 rings (SSSR count). The van der Waals surface area contributed by atoms with Crippen LogP contribution in [0, 0.1) is 5.41 Å². The largest absolute Gasteiger partial charge is 0.364 e. The number of nitrogens with one attached hydrogen (secondary N) is 1. The first-order chi connectivity index (χ1) is 6.49. The fourth-order valence-corrected chi connectivity index (χ4v) is 2.40. The number of aliphatic imine (C=N–C) groups is 1. The number of nitrogens with zero attached hydrogens (tertiary/aromatic N) is 2. The second kappa shape index (κ2) is 5.03. The Kier molecular flexibility index (Phi) is 4.26. The Labute approximate surface area is 91.3 Å². The SMILES string of the molecule is CN(C)CC(C)(C)CNC1=NCCS1. The standard InChI is InChI=1S/C10H21N3S/c1-10(2,8-13(3)4)7-12-9-11-5-6-14-9/h5-8H2,1-4H3,(H,11,12). The van der Waals surface area contributed by atoms with Crippen molar-refractivity contribution in [2.45, 2.75) is 13.8 Å². The van der Waals surface area contributed by atoms with Crippen molar-refractivity contribution in [1.29, 1.82) is 0 Å². The molecule has 0 amide bonds. The van der Waals surface area contributed by atoms with Gasteiger partial charge in [-0.3, -0.25) is 4.99 Å². The lowest BCUT2D eigenvalue weighted by atomic mass is 9.93. The van der Waals surface area contributed by atoms with Gasteiger partial charge < -0.3 is 10.2 Å². The summed E-state index contributed by atoms with van der Waals surface area (Å²) in [7, 11) is 4.23. The molecule has 0 aromatic heterocycles. The van der Waals surface area contributed by atoms with E-state index in [1.807, 2.05) is 11.8 Å². The number of amidine groups is 1. The average Bonchev–Trinajstić information content (AvgIpc) is 2.50. The van der Waals surface area contributed by atoms with Crippen LogP contribution < -0.4 is 5.32 Å². The van der Waals surface area contributed by atoms with Gasteiger partial charge in [0.2, 0.25) is 0 Å². The third kappa shape index (κ3) is 4.33. The first-order valence-corrected chi connectivity index (χ1v) is 6.04. The Balaban J connectivity index is 2.27. The minimum atomic E-state index is 0.301. The molecule has 14 heavy (non-hydrogen) atoms. The summed E-state index contributed by atoms with van der Waals surface area (Å²) in [5.74, 6) is 1.14. The van der Waals surface area contributed by atoms with Crippen molar-refractivity contribution in [3.63, 3.8) is 0 Å². The highest BCUT2D eigenvalue weighted by atomic mass is 32.2. The Morgan fingerprint density at radius 1 is 1.50 bits per heavy atom. The number of thioether (sulfide) groups is 1. The summed E-state index contributed by atoms with van der Waals surface area (Å²) < 4.78 is 0. The zero-order chi connectivity index (χ0) is 10.6. The number of hydrogen-bond acceptors (Lipinski definition) is 4. The number of rotatable bonds is 4. The minimum absolute atomic E-state index is 0.301. The Hall–Kier alpha value is -0.220. The van der Waals surface area contributed by atoms with Crippen molar-refractivity contribution in [3.05, 3.63) is 0 Å². The smallest absolute Gasteiger partial charge is 0.156 e. The third-order valence-corrected chi connectivity index (χ3v) is 2.98. The van der Waals surface area contributed by atoms with Crippen LogP contribution in [-0.2, 0) is 0 Å². The van der Waals surface area contributed by atoms with Crippen molar-refractivity contribution >= 4 is 16.9 Å². The van der Waals surface area contributed by atoms with Gasteiger partial charge in [-0.25, -0.2) is 0 Å². The van der Waals surface area contributed by atoms with Crippen LogP contribution in [0.25, 0.3) is 0 Å². The lowest BCUT2D eigenvalue weighted by molar-refractivity contribution is 0.242. The van der Waals surface area contributed by atoms with E-state index < -0.39 is 0 Å². The van der Waals surface area contributed by atoms with E-state index in [0.717, 1.165) is 30.6 Å². The van der Waals surface area contributed by atoms with Crippen molar-refractivity contribution in [3.8, 4) is 0 Å². The molecule has 0 aromatic rings. The maximum Gasteiger partial charge on any atom is 0.156 e. The highest BCUT2D eigenvalue weighted by molar-refractivity contribution is 8.14. The third-order valence-electron chi connectivity index (χ3n) is 2.05. The average molecular weight is 215 g/mol. The van der Waals surface area contributed by atoms with Crippen LogP contribution in [0.3, 0.4) is 0 Å². The Bertz CT molecular complexity index is 211. The van der Waals surface area contributed by atoms with E-state index in [4.69, 9.17) is 0 Å². The van der Waals surface area contributed by atoms with Gasteiger partial charge >= 0.3 is 0 Å². The van der Waals surface area contributed by atoms with Crippen LogP contribution >= 0.6 is 11.8 Å². The summed E-state index contributed by atoms with van der Waals surface area (Å²) in [6, 6.07) is 0. The molecule has 3 nitrogen and oxygen atoms in total. The predicted molar refractivity (Wildman–Crippen MR) is 65.1 cm³/mol. The molecule has 0 unspecified atom stereocenters. The van der Waals surface area contributed by atoms with E-state index in [2.05, 4.69) is 43.2 Å². The van der Waals surface area contributed by atoms with Gasteiger partial charge in [0.1, 0.15) is 0 Å². The Morgan fingerprint density at radius 3 is 2.71 bits per heavy atom. The van der Waals surface area contributed by atoms with Gasteiger partial charge in [0.15, 0.2) is 5.17 Å². The summed E-state index contributed by atoms with van der Waals surface area (Å²) in [5, 5.41) is 4.54. The lowest BCUT2D eigenvalue weighted by Gasteiger charge is -2.28. The molecule has 1 aliphatic heterocycles. The molecule has 1 aliphatic rings. The molecule has 0 atom stereocenters. The summed E-state index contributed by atoms with van der Waals surface area (Å²) in [4.78, 5) is 6.60. The van der Waals surface area contributed by atoms with E-state index in [9.17, 15) is 0 Å². The van der Waals surface area contributed by atoms with E-state index >= 15 is 0 Å². The monoisotopic (exact) mass is 215 g/mol. The first-order valence-electron chi connectivity index (χ1n) is 5.05.